The van der Waals surface area contributed by atoms with Gasteiger partial charge in [0.05, 0.1) is 15.1 Å². The average Bonchev–Trinajstić information content (AvgIpc) is 3.18. The second-order valence-electron chi connectivity index (χ2n) is 8.09. The van der Waals surface area contributed by atoms with Crippen molar-refractivity contribution in [1.29, 1.82) is 0 Å². The Morgan fingerprint density at radius 3 is 2.34 bits per heavy atom. The number of fused-ring (bicyclic) bond motifs is 2. The lowest BCUT2D eigenvalue weighted by molar-refractivity contribution is 0.0997. The Kier molecular flexibility index (Phi) is 7.73. The number of carbonyl (C=O) groups is 1. The highest BCUT2D eigenvalue weighted by atomic mass is 32.2. The van der Waals surface area contributed by atoms with Crippen LogP contribution in [0.1, 0.15) is 37.0 Å². The molecule has 1 amide bonds. The topological polar surface area (TPSA) is 90.2 Å². The van der Waals surface area contributed by atoms with Gasteiger partial charge >= 0.3 is 0 Å². The first kappa shape index (κ1) is 25.2. The summed E-state index contributed by atoms with van der Waals surface area (Å²) in [5, 5.41) is 0. The van der Waals surface area contributed by atoms with Crippen LogP contribution >= 0.6 is 11.3 Å². The molecule has 0 saturated heterocycles. The highest BCUT2D eigenvalue weighted by Crippen LogP contribution is 2.35. The third-order valence-electron chi connectivity index (χ3n) is 5.54. The minimum atomic E-state index is -3.61. The summed E-state index contributed by atoms with van der Waals surface area (Å²) < 4.78 is 41.7. The first-order valence-corrected chi connectivity index (χ1v) is 13.9. The third kappa shape index (κ3) is 5.19. The molecule has 0 unspecified atom stereocenters. The molecule has 0 saturated carbocycles. The van der Waals surface area contributed by atoms with Crippen LogP contribution in [0.2, 0.25) is 0 Å². The van der Waals surface area contributed by atoms with E-state index in [9.17, 15) is 13.2 Å². The van der Waals surface area contributed by atoms with Crippen molar-refractivity contribution in [2.24, 2.45) is 4.99 Å². The van der Waals surface area contributed by atoms with Crippen molar-refractivity contribution in [2.75, 3.05) is 26.3 Å². The molecule has 1 aliphatic heterocycles. The van der Waals surface area contributed by atoms with Crippen LogP contribution in [-0.4, -0.2) is 49.5 Å². The van der Waals surface area contributed by atoms with Crippen LogP contribution in [0.3, 0.4) is 0 Å². The lowest BCUT2D eigenvalue weighted by Gasteiger charge is -2.21. The Balaban J connectivity index is 1.67. The Morgan fingerprint density at radius 2 is 1.74 bits per heavy atom. The summed E-state index contributed by atoms with van der Waals surface area (Å²) in [5.74, 6) is 0.884. The smallest absolute Gasteiger partial charge is 0.279 e. The fourth-order valence-electron chi connectivity index (χ4n) is 3.92. The van der Waals surface area contributed by atoms with E-state index in [0.29, 0.717) is 54.7 Å². The van der Waals surface area contributed by atoms with Crippen LogP contribution in [0, 0.1) is 0 Å². The van der Waals surface area contributed by atoms with Crippen LogP contribution in [-0.2, 0) is 16.6 Å². The number of thiazole rings is 1. The maximum Gasteiger partial charge on any atom is 0.279 e. The largest absolute Gasteiger partial charge is 0.486 e. The number of benzene rings is 2. The molecule has 8 nitrogen and oxygen atoms in total. The van der Waals surface area contributed by atoms with Gasteiger partial charge in [-0.15, -0.1) is 6.58 Å². The Hall–Kier alpha value is -2.95. The van der Waals surface area contributed by atoms with Crippen molar-refractivity contribution in [3.63, 3.8) is 0 Å². The van der Waals surface area contributed by atoms with Gasteiger partial charge in [0.25, 0.3) is 5.91 Å². The molecule has 35 heavy (non-hydrogen) atoms. The third-order valence-corrected chi connectivity index (χ3v) is 8.49. The van der Waals surface area contributed by atoms with Gasteiger partial charge in [-0.1, -0.05) is 31.3 Å². The van der Waals surface area contributed by atoms with Crippen molar-refractivity contribution in [3.05, 3.63) is 59.4 Å². The van der Waals surface area contributed by atoms with Gasteiger partial charge in [-0.05, 0) is 37.1 Å². The molecule has 2 heterocycles. The number of sulfonamides is 1. The monoisotopic (exact) mass is 515 g/mol. The van der Waals surface area contributed by atoms with Gasteiger partial charge in [-0.2, -0.15) is 9.30 Å². The SMILES string of the molecule is C=CCn1c(=NC(=O)c2ccc(S(=O)(=O)N(CCC)CCC)cc2)sc2cc3c(cc21)OCCO3. The fourth-order valence-corrected chi connectivity index (χ4v) is 6.59. The summed E-state index contributed by atoms with van der Waals surface area (Å²) in [6.45, 7) is 10.1. The van der Waals surface area contributed by atoms with E-state index in [2.05, 4.69) is 11.6 Å². The molecule has 0 radical (unpaired) electrons. The molecular formula is C25H29N3O5S2. The van der Waals surface area contributed by atoms with E-state index < -0.39 is 15.9 Å². The zero-order valence-corrected chi connectivity index (χ0v) is 21.5. The first-order chi connectivity index (χ1) is 16.9. The molecule has 1 aromatic heterocycles. The van der Waals surface area contributed by atoms with E-state index in [0.717, 1.165) is 23.1 Å². The van der Waals surface area contributed by atoms with Gasteiger partial charge in [-0.3, -0.25) is 4.79 Å². The molecule has 0 N–H and O–H groups in total. The lowest BCUT2D eigenvalue weighted by atomic mass is 10.2. The molecule has 0 spiro atoms. The summed E-state index contributed by atoms with van der Waals surface area (Å²) in [6, 6.07) is 9.77. The summed E-state index contributed by atoms with van der Waals surface area (Å²) in [6.07, 6.45) is 3.20. The van der Waals surface area contributed by atoms with Gasteiger partial charge in [0.1, 0.15) is 13.2 Å². The quantitative estimate of drug-likeness (QED) is 0.398. The molecular weight excluding hydrogens is 486 g/mol. The number of aromatic nitrogens is 1. The number of hydrogen-bond acceptors (Lipinski definition) is 6. The van der Waals surface area contributed by atoms with Crippen LogP contribution < -0.4 is 14.3 Å². The van der Waals surface area contributed by atoms with Crippen molar-refractivity contribution in [1.82, 2.24) is 8.87 Å². The van der Waals surface area contributed by atoms with Gasteiger partial charge in [0, 0.05) is 37.3 Å². The molecule has 0 aliphatic carbocycles. The number of ether oxygens (including phenoxy) is 2. The molecule has 10 heteroatoms. The fraction of sp³-hybridized carbons (Fsp3) is 0.360. The van der Waals surface area contributed by atoms with Crippen molar-refractivity contribution >= 4 is 37.5 Å². The van der Waals surface area contributed by atoms with Gasteiger partial charge in [-0.25, -0.2) is 8.42 Å². The molecule has 186 valence electrons. The van der Waals surface area contributed by atoms with E-state index in [1.54, 1.807) is 6.08 Å². The zero-order valence-electron chi connectivity index (χ0n) is 19.9. The van der Waals surface area contributed by atoms with Crippen LogP contribution in [0.15, 0.2) is 58.9 Å². The number of carbonyl (C=O) groups excluding carboxylic acids is 1. The molecule has 3 aromatic rings. The van der Waals surface area contributed by atoms with E-state index in [-0.39, 0.29) is 4.90 Å². The second kappa shape index (κ2) is 10.8. The summed E-state index contributed by atoms with van der Waals surface area (Å²) >= 11 is 1.37. The zero-order chi connectivity index (χ0) is 25.0. The van der Waals surface area contributed by atoms with E-state index in [4.69, 9.17) is 9.47 Å². The van der Waals surface area contributed by atoms with Crippen molar-refractivity contribution in [3.8, 4) is 11.5 Å². The normalized spacial score (nSPS) is 14.0. The minimum Gasteiger partial charge on any atom is -0.486 e. The molecule has 2 aromatic carbocycles. The average molecular weight is 516 g/mol. The second-order valence-corrected chi connectivity index (χ2v) is 11.0. The summed E-state index contributed by atoms with van der Waals surface area (Å²) in [7, 11) is -3.61. The molecule has 4 rings (SSSR count). The van der Waals surface area contributed by atoms with E-state index in [1.165, 1.54) is 39.9 Å². The summed E-state index contributed by atoms with van der Waals surface area (Å²) in [5.41, 5.74) is 1.19. The highest BCUT2D eigenvalue weighted by molar-refractivity contribution is 7.89. The highest BCUT2D eigenvalue weighted by Gasteiger charge is 2.23. The standard InChI is InChI=1S/C25H29N3O5S2/c1-4-11-27(12-5-2)35(30,31)19-9-7-18(8-10-19)24(29)26-25-28(13-6-3)20-16-21-22(17-23(20)34-25)33-15-14-32-21/h6-10,16-17H,3-5,11-15H2,1-2H3. The predicted octanol–water partition coefficient (Wildman–Crippen LogP) is 4.21. The first-order valence-electron chi connectivity index (χ1n) is 11.6. The number of allylic oxidation sites excluding steroid dienone is 1. The summed E-state index contributed by atoms with van der Waals surface area (Å²) in [4.78, 5) is 18.0. The maximum atomic E-state index is 13.0. The van der Waals surface area contributed by atoms with Gasteiger partial charge < -0.3 is 14.0 Å². The number of rotatable bonds is 9. The number of amides is 1. The Morgan fingerprint density at radius 1 is 1.11 bits per heavy atom. The van der Waals surface area contributed by atoms with E-state index >= 15 is 0 Å². The Bertz CT molecular complexity index is 1400. The van der Waals surface area contributed by atoms with Crippen molar-refractivity contribution in [2.45, 2.75) is 38.1 Å². The molecule has 1 aliphatic rings. The van der Waals surface area contributed by atoms with Crippen LogP contribution in [0.5, 0.6) is 11.5 Å². The maximum absolute atomic E-state index is 13.0. The van der Waals surface area contributed by atoms with Gasteiger partial charge in [0.15, 0.2) is 16.3 Å². The van der Waals surface area contributed by atoms with Gasteiger partial charge in [0.2, 0.25) is 10.0 Å². The minimum absolute atomic E-state index is 0.171. The van der Waals surface area contributed by atoms with Crippen molar-refractivity contribution < 1.29 is 22.7 Å². The van der Waals surface area contributed by atoms with Crippen LogP contribution in [0.4, 0.5) is 0 Å². The predicted molar refractivity (Wildman–Crippen MR) is 137 cm³/mol. The molecule has 0 bridgehead atoms. The molecule has 0 fully saturated rings. The number of nitrogens with zero attached hydrogens (tertiary/aromatic N) is 3. The Labute approximate surface area is 209 Å². The van der Waals surface area contributed by atoms with E-state index in [1.807, 2.05) is 30.5 Å². The molecule has 0 atom stereocenters. The lowest BCUT2D eigenvalue weighted by Crippen LogP contribution is -2.32. The van der Waals surface area contributed by atoms with Crippen LogP contribution in [0.25, 0.3) is 10.2 Å². The number of hydrogen-bond donors (Lipinski definition) is 0.